The molecule has 0 aliphatic carbocycles. The van der Waals surface area contributed by atoms with Gasteiger partial charge in [-0.15, -0.1) is 0 Å². The van der Waals surface area contributed by atoms with Crippen LogP contribution in [0.15, 0.2) is 12.1 Å². The molecule has 0 N–H and O–H groups in total. The van der Waals surface area contributed by atoms with Crippen LogP contribution in [0.1, 0.15) is 26.7 Å². The van der Waals surface area contributed by atoms with Crippen molar-refractivity contribution in [2.24, 2.45) is 0 Å². The van der Waals surface area contributed by atoms with Crippen molar-refractivity contribution in [2.45, 2.75) is 26.7 Å². The van der Waals surface area contributed by atoms with Gasteiger partial charge < -0.3 is 9.47 Å². The Kier molecular flexibility index (Phi) is 4.68. The number of thiophene rings is 1. The van der Waals surface area contributed by atoms with Gasteiger partial charge in [0.25, 0.3) is 0 Å². The molecule has 2 nitrogen and oxygen atoms in total. The maximum atomic E-state index is 5.45. The highest BCUT2D eigenvalue weighted by Crippen LogP contribution is 2.30. The molecule has 13 heavy (non-hydrogen) atoms. The van der Waals surface area contributed by atoms with E-state index in [0.29, 0.717) is 0 Å². The highest BCUT2D eigenvalue weighted by atomic mass is 32.1. The monoisotopic (exact) mass is 200 g/mol. The lowest BCUT2D eigenvalue weighted by Gasteiger charge is -2.00. The van der Waals surface area contributed by atoms with Gasteiger partial charge >= 0.3 is 0 Å². The van der Waals surface area contributed by atoms with E-state index in [2.05, 4.69) is 13.8 Å². The number of rotatable bonds is 6. The molecule has 1 rings (SSSR count). The lowest BCUT2D eigenvalue weighted by molar-refractivity contribution is 0.324. The second-order valence-corrected chi connectivity index (χ2v) is 3.78. The largest absolute Gasteiger partial charge is 0.484 e. The molecular weight excluding hydrogens is 184 g/mol. The first-order chi connectivity index (χ1) is 6.36. The Labute approximate surface area is 83.5 Å². The van der Waals surface area contributed by atoms with Crippen LogP contribution in [0.3, 0.4) is 0 Å². The smallest absolute Gasteiger partial charge is 0.177 e. The van der Waals surface area contributed by atoms with E-state index in [1.54, 1.807) is 11.3 Å². The summed E-state index contributed by atoms with van der Waals surface area (Å²) in [5.74, 6) is 0. The Bertz CT molecular complexity index is 210. The van der Waals surface area contributed by atoms with Crippen LogP contribution in [0.2, 0.25) is 0 Å². The van der Waals surface area contributed by atoms with E-state index in [9.17, 15) is 0 Å². The van der Waals surface area contributed by atoms with Gasteiger partial charge in [-0.05, 0) is 25.0 Å². The summed E-state index contributed by atoms with van der Waals surface area (Å²) in [6.07, 6.45) is 2.09. The predicted molar refractivity (Wildman–Crippen MR) is 55.9 cm³/mol. The second kappa shape index (κ2) is 5.86. The van der Waals surface area contributed by atoms with Crippen molar-refractivity contribution in [3.8, 4) is 10.1 Å². The fourth-order valence-electron chi connectivity index (χ4n) is 0.864. The maximum absolute atomic E-state index is 5.45. The highest BCUT2D eigenvalue weighted by Gasteiger charge is 2.00. The summed E-state index contributed by atoms with van der Waals surface area (Å²) in [4.78, 5) is 0. The summed E-state index contributed by atoms with van der Waals surface area (Å²) < 4.78 is 10.9. The van der Waals surface area contributed by atoms with Crippen LogP contribution in [-0.4, -0.2) is 13.2 Å². The maximum Gasteiger partial charge on any atom is 0.177 e. The summed E-state index contributed by atoms with van der Waals surface area (Å²) in [6.45, 7) is 5.77. The molecule has 0 unspecified atom stereocenters. The average Bonchev–Trinajstić information content (AvgIpc) is 2.59. The lowest BCUT2D eigenvalue weighted by Crippen LogP contribution is -1.92. The Balaban J connectivity index is 2.34. The van der Waals surface area contributed by atoms with Crippen molar-refractivity contribution < 1.29 is 9.47 Å². The van der Waals surface area contributed by atoms with Gasteiger partial charge in [-0.25, -0.2) is 0 Å². The molecule has 0 amide bonds. The third kappa shape index (κ3) is 3.68. The van der Waals surface area contributed by atoms with E-state index in [1.807, 2.05) is 12.1 Å². The van der Waals surface area contributed by atoms with Crippen LogP contribution >= 0.6 is 11.3 Å². The van der Waals surface area contributed by atoms with Crippen LogP contribution in [0.4, 0.5) is 0 Å². The Morgan fingerprint density at radius 2 is 1.46 bits per heavy atom. The first kappa shape index (κ1) is 10.4. The molecular formula is C10H16O2S. The zero-order valence-corrected chi connectivity index (χ0v) is 9.02. The first-order valence-electron chi connectivity index (χ1n) is 4.72. The third-order valence-electron chi connectivity index (χ3n) is 1.45. The van der Waals surface area contributed by atoms with Crippen molar-refractivity contribution in [1.29, 1.82) is 0 Å². The van der Waals surface area contributed by atoms with Crippen LogP contribution < -0.4 is 9.47 Å². The normalized spacial score (nSPS) is 10.0. The van der Waals surface area contributed by atoms with E-state index in [1.165, 1.54) is 0 Å². The van der Waals surface area contributed by atoms with Crippen molar-refractivity contribution in [1.82, 2.24) is 0 Å². The van der Waals surface area contributed by atoms with Gasteiger partial charge in [0.05, 0.1) is 13.2 Å². The molecule has 3 heteroatoms. The lowest BCUT2D eigenvalue weighted by atomic mass is 10.5. The quantitative estimate of drug-likeness (QED) is 0.701. The van der Waals surface area contributed by atoms with Crippen LogP contribution in [0.5, 0.6) is 10.1 Å². The molecule has 1 aromatic rings. The van der Waals surface area contributed by atoms with Crippen LogP contribution in [0.25, 0.3) is 0 Å². The first-order valence-corrected chi connectivity index (χ1v) is 5.54. The number of ether oxygens (including phenoxy) is 2. The van der Waals surface area contributed by atoms with E-state index in [0.717, 1.165) is 36.2 Å². The summed E-state index contributed by atoms with van der Waals surface area (Å²) >= 11 is 1.57. The molecule has 0 fully saturated rings. The van der Waals surface area contributed by atoms with Crippen molar-refractivity contribution in [3.05, 3.63) is 12.1 Å². The minimum Gasteiger partial charge on any atom is -0.484 e. The molecule has 1 heterocycles. The molecule has 0 atom stereocenters. The Morgan fingerprint density at radius 3 is 1.85 bits per heavy atom. The molecule has 1 aromatic heterocycles. The molecule has 0 saturated carbocycles. The van der Waals surface area contributed by atoms with Gasteiger partial charge in [0.15, 0.2) is 10.1 Å². The van der Waals surface area contributed by atoms with Gasteiger partial charge in [-0.1, -0.05) is 25.2 Å². The van der Waals surface area contributed by atoms with Gasteiger partial charge in [0.2, 0.25) is 0 Å². The highest BCUT2D eigenvalue weighted by molar-refractivity contribution is 7.15. The zero-order valence-electron chi connectivity index (χ0n) is 8.21. The van der Waals surface area contributed by atoms with Crippen molar-refractivity contribution in [3.63, 3.8) is 0 Å². The van der Waals surface area contributed by atoms with Crippen molar-refractivity contribution >= 4 is 11.3 Å². The summed E-state index contributed by atoms with van der Waals surface area (Å²) in [5, 5.41) is 1.90. The summed E-state index contributed by atoms with van der Waals surface area (Å²) in [7, 11) is 0. The van der Waals surface area contributed by atoms with E-state index < -0.39 is 0 Å². The van der Waals surface area contributed by atoms with Gasteiger partial charge in [0.1, 0.15) is 0 Å². The molecule has 0 aliphatic rings. The van der Waals surface area contributed by atoms with Gasteiger partial charge in [-0.3, -0.25) is 0 Å². The number of hydrogen-bond acceptors (Lipinski definition) is 3. The molecule has 0 aromatic carbocycles. The Morgan fingerprint density at radius 1 is 1.00 bits per heavy atom. The van der Waals surface area contributed by atoms with Gasteiger partial charge in [-0.2, -0.15) is 0 Å². The van der Waals surface area contributed by atoms with Gasteiger partial charge in [0, 0.05) is 0 Å². The summed E-state index contributed by atoms with van der Waals surface area (Å²) in [6, 6.07) is 3.93. The Hall–Kier alpha value is -0.700. The topological polar surface area (TPSA) is 18.5 Å². The molecule has 0 bridgehead atoms. The summed E-state index contributed by atoms with van der Waals surface area (Å²) in [5.41, 5.74) is 0. The zero-order chi connectivity index (χ0) is 9.52. The molecule has 0 aliphatic heterocycles. The van der Waals surface area contributed by atoms with Crippen molar-refractivity contribution in [2.75, 3.05) is 13.2 Å². The predicted octanol–water partition coefficient (Wildman–Crippen LogP) is 3.33. The standard InChI is InChI=1S/C10H16O2S/c1-3-7-11-9-5-6-10(13-9)12-8-4-2/h5-6H,3-4,7-8H2,1-2H3. The second-order valence-electron chi connectivity index (χ2n) is 2.77. The SMILES string of the molecule is CCCOc1ccc(OCCC)s1. The average molecular weight is 200 g/mol. The molecule has 74 valence electrons. The number of hydrogen-bond donors (Lipinski definition) is 0. The minimum absolute atomic E-state index is 0.785. The minimum atomic E-state index is 0.785. The molecule has 0 spiro atoms. The van der Waals surface area contributed by atoms with E-state index in [-0.39, 0.29) is 0 Å². The fourth-order valence-corrected chi connectivity index (χ4v) is 1.62. The third-order valence-corrected chi connectivity index (χ3v) is 2.36. The van der Waals surface area contributed by atoms with Crippen LogP contribution in [-0.2, 0) is 0 Å². The fraction of sp³-hybridized carbons (Fsp3) is 0.600. The molecule has 0 saturated heterocycles. The van der Waals surface area contributed by atoms with E-state index in [4.69, 9.17) is 9.47 Å². The van der Waals surface area contributed by atoms with E-state index >= 15 is 0 Å². The molecule has 0 radical (unpaired) electrons. The van der Waals surface area contributed by atoms with Crippen LogP contribution in [0, 0.1) is 0 Å².